The van der Waals surface area contributed by atoms with Crippen molar-refractivity contribution in [1.29, 1.82) is 5.26 Å². The van der Waals surface area contributed by atoms with Gasteiger partial charge in [0.1, 0.15) is 0 Å². The van der Waals surface area contributed by atoms with Crippen molar-refractivity contribution in [3.8, 4) is 6.07 Å². The van der Waals surface area contributed by atoms with Crippen molar-refractivity contribution in [3.63, 3.8) is 0 Å². The van der Waals surface area contributed by atoms with Crippen molar-refractivity contribution in [2.24, 2.45) is 0 Å². The van der Waals surface area contributed by atoms with E-state index in [1.165, 1.54) is 0 Å². The summed E-state index contributed by atoms with van der Waals surface area (Å²) in [6, 6.07) is 8.44. The maximum atomic E-state index is 11.4. The van der Waals surface area contributed by atoms with Crippen molar-refractivity contribution < 1.29 is 9.90 Å². The van der Waals surface area contributed by atoms with Crippen LogP contribution in [0.1, 0.15) is 12.5 Å². The number of nitriles is 1. The summed E-state index contributed by atoms with van der Waals surface area (Å²) in [5.74, 6) is 0. The van der Waals surface area contributed by atoms with Gasteiger partial charge in [-0.15, -0.1) is 0 Å². The second-order valence-corrected chi connectivity index (χ2v) is 3.71. The SMILES string of the molecule is C[C@@H](CO)NC(=O)Nc1ccc(CC#N)cc1. The highest BCUT2D eigenvalue weighted by atomic mass is 16.3. The average Bonchev–Trinajstić information content (AvgIpc) is 2.31. The van der Waals surface area contributed by atoms with Crippen LogP contribution in [0.15, 0.2) is 24.3 Å². The molecule has 17 heavy (non-hydrogen) atoms. The number of rotatable bonds is 4. The van der Waals surface area contributed by atoms with Crippen LogP contribution in [0.2, 0.25) is 0 Å². The number of aliphatic hydroxyl groups excluding tert-OH is 1. The minimum absolute atomic E-state index is 0.103. The number of nitrogens with zero attached hydrogens (tertiary/aromatic N) is 1. The number of hydrogen-bond acceptors (Lipinski definition) is 3. The molecular formula is C12H15N3O2. The van der Waals surface area contributed by atoms with Gasteiger partial charge in [0.2, 0.25) is 0 Å². The minimum atomic E-state index is -0.361. The van der Waals surface area contributed by atoms with E-state index in [0.29, 0.717) is 12.1 Å². The summed E-state index contributed by atoms with van der Waals surface area (Å²) in [6.07, 6.45) is 0.355. The molecule has 0 saturated carbocycles. The predicted octanol–water partition coefficient (Wildman–Crippen LogP) is 1.25. The second kappa shape index (κ2) is 6.51. The van der Waals surface area contributed by atoms with Gasteiger partial charge in [-0.3, -0.25) is 0 Å². The van der Waals surface area contributed by atoms with Gasteiger partial charge in [0.15, 0.2) is 0 Å². The fourth-order valence-electron chi connectivity index (χ4n) is 1.23. The zero-order valence-electron chi connectivity index (χ0n) is 9.60. The van der Waals surface area contributed by atoms with E-state index in [1.54, 1.807) is 31.2 Å². The van der Waals surface area contributed by atoms with Crippen molar-refractivity contribution in [2.45, 2.75) is 19.4 Å². The van der Waals surface area contributed by atoms with Gasteiger partial charge in [0.25, 0.3) is 0 Å². The maximum absolute atomic E-state index is 11.4. The molecule has 0 bridgehead atoms. The lowest BCUT2D eigenvalue weighted by atomic mass is 10.1. The molecule has 0 aliphatic heterocycles. The monoisotopic (exact) mass is 233 g/mol. The molecule has 0 fully saturated rings. The quantitative estimate of drug-likeness (QED) is 0.731. The molecule has 1 aromatic rings. The summed E-state index contributed by atoms with van der Waals surface area (Å²) in [4.78, 5) is 11.4. The zero-order chi connectivity index (χ0) is 12.7. The Morgan fingerprint density at radius 3 is 2.65 bits per heavy atom. The standard InChI is InChI=1S/C12H15N3O2/c1-9(8-16)14-12(17)15-11-4-2-10(3-5-11)6-7-13/h2-5,9,16H,6,8H2,1H3,(H2,14,15,17)/t9-/m0/s1. The van der Waals surface area contributed by atoms with Crippen LogP contribution in [-0.2, 0) is 6.42 Å². The fourth-order valence-corrected chi connectivity index (χ4v) is 1.23. The van der Waals surface area contributed by atoms with Crippen molar-refractivity contribution in [1.82, 2.24) is 5.32 Å². The molecule has 0 radical (unpaired) electrons. The zero-order valence-corrected chi connectivity index (χ0v) is 9.60. The Labute approximate surface area is 100 Å². The lowest BCUT2D eigenvalue weighted by Crippen LogP contribution is -2.38. The molecule has 0 aliphatic rings. The fraction of sp³-hybridized carbons (Fsp3) is 0.333. The van der Waals surface area contributed by atoms with E-state index in [-0.39, 0.29) is 18.7 Å². The summed E-state index contributed by atoms with van der Waals surface area (Å²) in [5, 5.41) is 22.5. The van der Waals surface area contributed by atoms with E-state index in [9.17, 15) is 4.79 Å². The van der Waals surface area contributed by atoms with Gasteiger partial charge in [0, 0.05) is 5.69 Å². The Kier molecular flexibility index (Phi) is 4.98. The molecule has 3 N–H and O–H groups in total. The third kappa shape index (κ3) is 4.53. The average molecular weight is 233 g/mol. The first-order valence-electron chi connectivity index (χ1n) is 5.30. The Bertz CT molecular complexity index is 409. The molecule has 1 aromatic carbocycles. The number of anilines is 1. The summed E-state index contributed by atoms with van der Waals surface area (Å²) in [7, 11) is 0. The van der Waals surface area contributed by atoms with Crippen LogP contribution < -0.4 is 10.6 Å². The molecule has 5 nitrogen and oxygen atoms in total. The third-order valence-corrected chi connectivity index (χ3v) is 2.15. The molecule has 0 saturated heterocycles. The van der Waals surface area contributed by atoms with E-state index in [4.69, 9.17) is 10.4 Å². The molecule has 0 aliphatic carbocycles. The highest BCUT2D eigenvalue weighted by Gasteiger charge is 2.05. The lowest BCUT2D eigenvalue weighted by Gasteiger charge is -2.12. The van der Waals surface area contributed by atoms with Gasteiger partial charge < -0.3 is 15.7 Å². The third-order valence-electron chi connectivity index (χ3n) is 2.15. The highest BCUT2D eigenvalue weighted by molar-refractivity contribution is 5.89. The highest BCUT2D eigenvalue weighted by Crippen LogP contribution is 2.09. The molecule has 0 heterocycles. The first-order valence-corrected chi connectivity index (χ1v) is 5.30. The number of carbonyl (C=O) groups excluding carboxylic acids is 1. The molecule has 0 spiro atoms. The van der Waals surface area contributed by atoms with Gasteiger partial charge >= 0.3 is 6.03 Å². The number of amides is 2. The number of hydrogen-bond donors (Lipinski definition) is 3. The number of aliphatic hydroxyl groups is 1. The van der Waals surface area contributed by atoms with Gasteiger partial charge in [-0.25, -0.2) is 4.79 Å². The number of urea groups is 1. The van der Waals surface area contributed by atoms with Crippen LogP contribution in [0.5, 0.6) is 0 Å². The van der Waals surface area contributed by atoms with Gasteiger partial charge in [0.05, 0.1) is 25.1 Å². The summed E-state index contributed by atoms with van der Waals surface area (Å²) in [5.41, 5.74) is 1.55. The van der Waals surface area contributed by atoms with Crippen LogP contribution in [0.25, 0.3) is 0 Å². The normalized spacial score (nSPS) is 11.4. The topological polar surface area (TPSA) is 85.2 Å². The molecule has 90 valence electrons. The second-order valence-electron chi connectivity index (χ2n) is 3.71. The number of carbonyl (C=O) groups is 1. The van der Waals surface area contributed by atoms with E-state index >= 15 is 0 Å². The molecular weight excluding hydrogens is 218 g/mol. The van der Waals surface area contributed by atoms with Crippen LogP contribution in [0, 0.1) is 11.3 Å². The van der Waals surface area contributed by atoms with Crippen molar-refractivity contribution in [2.75, 3.05) is 11.9 Å². The van der Waals surface area contributed by atoms with Crippen LogP contribution in [0.3, 0.4) is 0 Å². The van der Waals surface area contributed by atoms with E-state index in [1.807, 2.05) is 0 Å². The summed E-state index contributed by atoms with van der Waals surface area (Å²) in [6.45, 7) is 1.60. The predicted molar refractivity (Wildman–Crippen MR) is 64.5 cm³/mol. The molecule has 0 aromatic heterocycles. The summed E-state index contributed by atoms with van der Waals surface area (Å²) >= 11 is 0. The van der Waals surface area contributed by atoms with E-state index < -0.39 is 0 Å². The maximum Gasteiger partial charge on any atom is 0.319 e. The molecule has 1 atom stereocenters. The number of benzene rings is 1. The number of nitrogens with one attached hydrogen (secondary N) is 2. The Balaban J connectivity index is 2.52. The van der Waals surface area contributed by atoms with Gasteiger partial charge in [-0.1, -0.05) is 12.1 Å². The first-order chi connectivity index (χ1) is 8.15. The van der Waals surface area contributed by atoms with Crippen molar-refractivity contribution in [3.05, 3.63) is 29.8 Å². The van der Waals surface area contributed by atoms with Crippen LogP contribution in [-0.4, -0.2) is 23.8 Å². The largest absolute Gasteiger partial charge is 0.394 e. The molecule has 0 unspecified atom stereocenters. The summed E-state index contributed by atoms with van der Waals surface area (Å²) < 4.78 is 0. The Morgan fingerprint density at radius 2 is 2.12 bits per heavy atom. The Morgan fingerprint density at radius 1 is 1.47 bits per heavy atom. The molecule has 2 amide bonds. The first kappa shape index (κ1) is 13.0. The lowest BCUT2D eigenvalue weighted by molar-refractivity contribution is 0.229. The van der Waals surface area contributed by atoms with Gasteiger partial charge in [-0.05, 0) is 24.6 Å². The van der Waals surface area contributed by atoms with Crippen LogP contribution >= 0.6 is 0 Å². The minimum Gasteiger partial charge on any atom is -0.394 e. The van der Waals surface area contributed by atoms with Crippen LogP contribution in [0.4, 0.5) is 10.5 Å². The van der Waals surface area contributed by atoms with E-state index in [0.717, 1.165) is 5.56 Å². The smallest absolute Gasteiger partial charge is 0.319 e. The van der Waals surface area contributed by atoms with Gasteiger partial charge in [-0.2, -0.15) is 5.26 Å². The Hall–Kier alpha value is -2.06. The molecule has 1 rings (SSSR count). The van der Waals surface area contributed by atoms with Crippen molar-refractivity contribution >= 4 is 11.7 Å². The van der Waals surface area contributed by atoms with E-state index in [2.05, 4.69) is 16.7 Å². The molecule has 5 heteroatoms.